The number of thioether (sulfide) groups is 2. The summed E-state index contributed by atoms with van der Waals surface area (Å²) < 4.78 is 0. The van der Waals surface area contributed by atoms with Crippen LogP contribution in [0.25, 0.3) is 0 Å². The highest BCUT2D eigenvalue weighted by Crippen LogP contribution is 2.42. The molecule has 3 rings (SSSR count). The van der Waals surface area contributed by atoms with Gasteiger partial charge >= 0.3 is 0 Å². The van der Waals surface area contributed by atoms with Gasteiger partial charge in [0, 0.05) is 17.3 Å². The molecule has 1 aromatic rings. The van der Waals surface area contributed by atoms with Crippen LogP contribution >= 0.6 is 34.9 Å². The first-order valence-electron chi connectivity index (χ1n) is 5.71. The average molecular weight is 273 g/mol. The van der Waals surface area contributed by atoms with Gasteiger partial charge in [0.2, 0.25) is 0 Å². The van der Waals surface area contributed by atoms with Gasteiger partial charge in [0.15, 0.2) is 0 Å². The van der Waals surface area contributed by atoms with Crippen LogP contribution in [0, 0.1) is 0 Å². The maximum Gasteiger partial charge on any atom is 0.107 e. The lowest BCUT2D eigenvalue weighted by Crippen LogP contribution is -2.07. The lowest BCUT2D eigenvalue weighted by Gasteiger charge is -2.18. The standard InChI is InChI=1S/C11H15NOS3/c13-8-3-1-2-7-10(8)16-11(12-7)9-6-14-4-5-15-9/h8-9,13H,1-6H2. The van der Waals surface area contributed by atoms with E-state index >= 15 is 0 Å². The van der Waals surface area contributed by atoms with Gasteiger partial charge in [0.1, 0.15) is 5.01 Å². The number of hydrogen-bond donors (Lipinski definition) is 1. The van der Waals surface area contributed by atoms with Crippen molar-refractivity contribution in [3.8, 4) is 0 Å². The van der Waals surface area contributed by atoms with E-state index in [1.807, 2.05) is 23.5 Å². The number of fused-ring (bicyclic) bond motifs is 1. The quantitative estimate of drug-likeness (QED) is 0.852. The second-order valence-corrected chi connectivity index (χ2v) is 7.73. The van der Waals surface area contributed by atoms with Crippen LogP contribution in [0.15, 0.2) is 0 Å². The van der Waals surface area contributed by atoms with Crippen molar-refractivity contribution in [1.29, 1.82) is 0 Å². The summed E-state index contributed by atoms with van der Waals surface area (Å²) >= 11 is 5.81. The summed E-state index contributed by atoms with van der Waals surface area (Å²) in [5, 5.41) is 11.8. The zero-order valence-corrected chi connectivity index (χ0v) is 11.5. The predicted octanol–water partition coefficient (Wildman–Crippen LogP) is 3.03. The Morgan fingerprint density at radius 1 is 1.31 bits per heavy atom. The van der Waals surface area contributed by atoms with Crippen LogP contribution in [0.2, 0.25) is 0 Å². The molecule has 0 aromatic carbocycles. The molecule has 0 bridgehead atoms. The minimum absolute atomic E-state index is 0.240. The summed E-state index contributed by atoms with van der Waals surface area (Å²) in [6.07, 6.45) is 2.83. The number of thiazole rings is 1. The number of aromatic nitrogens is 1. The van der Waals surface area contributed by atoms with Gasteiger partial charge in [-0.25, -0.2) is 4.98 Å². The molecule has 1 aromatic heterocycles. The Kier molecular flexibility index (Phi) is 3.47. The van der Waals surface area contributed by atoms with E-state index in [0.717, 1.165) is 24.1 Å². The van der Waals surface area contributed by atoms with Crippen LogP contribution < -0.4 is 0 Å². The van der Waals surface area contributed by atoms with Gasteiger partial charge in [-0.1, -0.05) is 0 Å². The van der Waals surface area contributed by atoms with Gasteiger partial charge in [-0.05, 0) is 19.3 Å². The summed E-state index contributed by atoms with van der Waals surface area (Å²) in [4.78, 5) is 5.90. The van der Waals surface area contributed by atoms with E-state index < -0.39 is 0 Å². The van der Waals surface area contributed by atoms with Gasteiger partial charge in [0.05, 0.1) is 21.9 Å². The van der Waals surface area contributed by atoms with E-state index in [9.17, 15) is 5.11 Å². The highest BCUT2D eigenvalue weighted by molar-refractivity contribution is 8.06. The molecule has 1 fully saturated rings. The number of aliphatic hydroxyl groups excluding tert-OH is 1. The Morgan fingerprint density at radius 3 is 3.00 bits per heavy atom. The van der Waals surface area contributed by atoms with Crippen LogP contribution in [0.3, 0.4) is 0 Å². The van der Waals surface area contributed by atoms with Crippen molar-refractivity contribution in [3.63, 3.8) is 0 Å². The number of nitrogens with zero attached hydrogens (tertiary/aromatic N) is 1. The molecule has 5 heteroatoms. The average Bonchev–Trinajstić information content (AvgIpc) is 2.76. The molecule has 0 amide bonds. The lowest BCUT2D eigenvalue weighted by molar-refractivity contribution is 0.160. The molecule has 0 saturated carbocycles. The number of aliphatic hydroxyl groups is 1. The SMILES string of the molecule is OC1CCCc2nc(C3CSCCS3)sc21. The van der Waals surface area contributed by atoms with Crippen molar-refractivity contribution >= 4 is 34.9 Å². The van der Waals surface area contributed by atoms with E-state index in [2.05, 4.69) is 0 Å². The fourth-order valence-electron chi connectivity index (χ4n) is 2.18. The zero-order valence-electron chi connectivity index (χ0n) is 9.02. The van der Waals surface area contributed by atoms with Crippen LogP contribution in [-0.4, -0.2) is 27.3 Å². The van der Waals surface area contributed by atoms with Crippen LogP contribution in [0.4, 0.5) is 0 Å². The van der Waals surface area contributed by atoms with Gasteiger partial charge in [-0.3, -0.25) is 0 Å². The molecule has 2 aliphatic rings. The van der Waals surface area contributed by atoms with Crippen LogP contribution in [0.5, 0.6) is 0 Å². The Hall–Kier alpha value is 0.290. The third kappa shape index (κ3) is 2.15. The van der Waals surface area contributed by atoms with Crippen molar-refractivity contribution < 1.29 is 5.11 Å². The summed E-state index contributed by atoms with van der Waals surface area (Å²) in [5.41, 5.74) is 1.18. The van der Waals surface area contributed by atoms with E-state index in [1.54, 1.807) is 11.3 Å². The molecule has 2 nitrogen and oxygen atoms in total. The highest BCUT2D eigenvalue weighted by Gasteiger charge is 2.26. The molecule has 2 heterocycles. The fraction of sp³-hybridized carbons (Fsp3) is 0.727. The van der Waals surface area contributed by atoms with Gasteiger partial charge < -0.3 is 5.11 Å². The molecule has 1 aliphatic carbocycles. The van der Waals surface area contributed by atoms with Crippen molar-refractivity contribution in [2.75, 3.05) is 17.3 Å². The van der Waals surface area contributed by atoms with Gasteiger partial charge in [-0.15, -0.1) is 23.1 Å². The molecule has 16 heavy (non-hydrogen) atoms. The minimum atomic E-state index is -0.240. The van der Waals surface area contributed by atoms with Crippen LogP contribution in [0.1, 0.15) is 39.8 Å². The topological polar surface area (TPSA) is 33.1 Å². The largest absolute Gasteiger partial charge is 0.388 e. The maximum atomic E-state index is 9.93. The third-order valence-electron chi connectivity index (χ3n) is 3.03. The summed E-state index contributed by atoms with van der Waals surface area (Å²) in [6, 6.07) is 0. The second-order valence-electron chi connectivity index (χ2n) is 4.21. The number of rotatable bonds is 1. The van der Waals surface area contributed by atoms with Crippen molar-refractivity contribution in [1.82, 2.24) is 4.98 Å². The Bertz CT molecular complexity index is 373. The van der Waals surface area contributed by atoms with Gasteiger partial charge in [0.25, 0.3) is 0 Å². The van der Waals surface area contributed by atoms with E-state index in [4.69, 9.17) is 4.98 Å². The van der Waals surface area contributed by atoms with E-state index in [1.165, 1.54) is 28.0 Å². The Balaban J connectivity index is 1.85. The van der Waals surface area contributed by atoms with Crippen molar-refractivity contribution in [2.24, 2.45) is 0 Å². The smallest absolute Gasteiger partial charge is 0.107 e. The predicted molar refractivity (Wildman–Crippen MR) is 72.5 cm³/mol. The first-order valence-corrected chi connectivity index (χ1v) is 8.73. The summed E-state index contributed by atoms with van der Waals surface area (Å²) in [7, 11) is 0. The molecule has 1 N–H and O–H groups in total. The lowest BCUT2D eigenvalue weighted by atomic mass is 10.0. The summed E-state index contributed by atoms with van der Waals surface area (Å²) in [5.74, 6) is 3.70. The van der Waals surface area contributed by atoms with Crippen molar-refractivity contribution in [3.05, 3.63) is 15.6 Å². The molecular formula is C11H15NOS3. The third-order valence-corrected chi connectivity index (χ3v) is 7.25. The monoisotopic (exact) mass is 273 g/mol. The number of hydrogen-bond acceptors (Lipinski definition) is 5. The number of aryl methyl sites for hydroxylation is 1. The minimum Gasteiger partial charge on any atom is -0.388 e. The summed E-state index contributed by atoms with van der Waals surface area (Å²) in [6.45, 7) is 0. The Morgan fingerprint density at radius 2 is 2.25 bits per heavy atom. The zero-order chi connectivity index (χ0) is 11.0. The van der Waals surface area contributed by atoms with E-state index in [-0.39, 0.29) is 6.10 Å². The molecule has 2 atom stereocenters. The normalized spacial score (nSPS) is 30.1. The molecular weight excluding hydrogens is 258 g/mol. The Labute approximate surface area is 108 Å². The highest BCUT2D eigenvalue weighted by atomic mass is 32.2. The van der Waals surface area contributed by atoms with Crippen molar-refractivity contribution in [2.45, 2.75) is 30.6 Å². The van der Waals surface area contributed by atoms with E-state index in [0.29, 0.717) is 5.25 Å². The molecule has 88 valence electrons. The molecule has 0 radical (unpaired) electrons. The maximum absolute atomic E-state index is 9.93. The molecule has 2 unspecified atom stereocenters. The molecule has 1 aliphatic heterocycles. The first kappa shape index (κ1) is 11.4. The van der Waals surface area contributed by atoms with Gasteiger partial charge in [-0.2, -0.15) is 11.8 Å². The van der Waals surface area contributed by atoms with Crippen LogP contribution in [-0.2, 0) is 6.42 Å². The molecule has 1 saturated heterocycles. The first-order chi connectivity index (χ1) is 7.84. The second kappa shape index (κ2) is 4.88. The fourth-order valence-corrected chi connectivity index (χ4v) is 6.30. The molecule has 0 spiro atoms.